The quantitative estimate of drug-likeness (QED) is 0.0791. The van der Waals surface area contributed by atoms with Crippen molar-refractivity contribution in [1.82, 2.24) is 37.2 Å². The highest BCUT2D eigenvalue weighted by Crippen LogP contribution is 2.51. The van der Waals surface area contributed by atoms with Crippen molar-refractivity contribution < 1.29 is 117 Å². The van der Waals surface area contributed by atoms with Gasteiger partial charge in [-0.2, -0.15) is 0 Å². The summed E-state index contributed by atoms with van der Waals surface area (Å²) in [6.07, 6.45) is -14.3. The average molecular weight is 1430 g/mol. The number of carbonyl (C=O) groups is 8. The van der Waals surface area contributed by atoms with Gasteiger partial charge in [-0.25, -0.2) is 9.59 Å². The number of epoxide rings is 1. The van der Waals surface area contributed by atoms with E-state index in [9.17, 15) is 74.7 Å². The Kier molecular flexibility index (Phi) is 20.8. The van der Waals surface area contributed by atoms with Crippen molar-refractivity contribution in [1.29, 1.82) is 0 Å². The van der Waals surface area contributed by atoms with E-state index in [-0.39, 0.29) is 57.0 Å². The van der Waals surface area contributed by atoms with E-state index in [2.05, 4.69) is 37.2 Å². The topological polar surface area (TPSA) is 497 Å². The zero-order valence-electron chi connectivity index (χ0n) is 53.7. The Labute approximate surface area is 578 Å². The smallest absolute Gasteiger partial charge is 0.330 e. The van der Waals surface area contributed by atoms with Crippen molar-refractivity contribution in [2.24, 2.45) is 11.7 Å². The molecule has 32 nitrogen and oxygen atoms in total. The Morgan fingerprint density at radius 2 is 1.34 bits per heavy atom. The van der Waals surface area contributed by atoms with Crippen LogP contribution in [0, 0.1) is 5.92 Å². The van der Waals surface area contributed by atoms with Gasteiger partial charge in [-0.3, -0.25) is 28.8 Å². The number of aliphatic hydroxyl groups excluding tert-OH is 4. The predicted molar refractivity (Wildman–Crippen MR) is 344 cm³/mol. The van der Waals surface area contributed by atoms with Crippen LogP contribution in [0.3, 0.4) is 0 Å². The van der Waals surface area contributed by atoms with Crippen LogP contribution in [0.5, 0.6) is 46.0 Å². The third-order valence-corrected chi connectivity index (χ3v) is 18.5. The number of halogens is 2. The maximum absolute atomic E-state index is 15.9. The molecule has 0 aromatic heterocycles. The van der Waals surface area contributed by atoms with Crippen molar-refractivity contribution in [3.8, 4) is 57.1 Å². The van der Waals surface area contributed by atoms with E-state index < -0.39 is 226 Å². The van der Waals surface area contributed by atoms with Crippen LogP contribution in [-0.4, -0.2) is 186 Å². The third kappa shape index (κ3) is 14.9. The van der Waals surface area contributed by atoms with E-state index in [0.29, 0.717) is 0 Å². The lowest BCUT2D eigenvalue weighted by Gasteiger charge is -2.44. The molecule has 0 saturated carbocycles. The molecule has 0 aliphatic carbocycles. The van der Waals surface area contributed by atoms with Crippen LogP contribution in [-0.2, 0) is 57.3 Å². The van der Waals surface area contributed by atoms with Crippen LogP contribution in [0.2, 0.25) is 10.0 Å². The van der Waals surface area contributed by atoms with Gasteiger partial charge in [-0.15, -0.1) is 0 Å². The lowest BCUT2D eigenvalue weighted by atomic mass is 9.86. The summed E-state index contributed by atoms with van der Waals surface area (Å²) >= 11 is 14.1. The van der Waals surface area contributed by atoms with Crippen molar-refractivity contribution in [3.05, 3.63) is 117 Å². The maximum atomic E-state index is 15.9. The largest absolute Gasteiger partial charge is 0.508 e. The van der Waals surface area contributed by atoms with Crippen molar-refractivity contribution >= 4 is 70.6 Å². The summed E-state index contributed by atoms with van der Waals surface area (Å²) in [5.41, 5.74) is 2.65. The number of benzene rings is 5. The first-order chi connectivity index (χ1) is 47.3. The van der Waals surface area contributed by atoms with Gasteiger partial charge >= 0.3 is 11.9 Å². The molecule has 0 radical (unpaired) electrons. The molecule has 0 spiro atoms. The molecule has 534 valence electrons. The van der Waals surface area contributed by atoms with E-state index in [0.717, 1.165) is 54.6 Å². The fourth-order valence-electron chi connectivity index (χ4n) is 12.7. The Balaban J connectivity index is 1.14. The molecule has 100 heavy (non-hydrogen) atoms. The monoisotopic (exact) mass is 1430 g/mol. The maximum Gasteiger partial charge on any atom is 0.330 e. The van der Waals surface area contributed by atoms with Gasteiger partial charge in [0.25, 0.3) is 0 Å². The number of ether oxygens (including phenoxy) is 7. The molecule has 11 unspecified atom stereocenters. The van der Waals surface area contributed by atoms with Crippen molar-refractivity contribution in [2.45, 2.75) is 156 Å². The highest BCUT2D eigenvalue weighted by Gasteiger charge is 2.61. The molecule has 3 saturated heterocycles. The number of amides is 6. The van der Waals surface area contributed by atoms with Crippen LogP contribution in [0.4, 0.5) is 0 Å². The van der Waals surface area contributed by atoms with Gasteiger partial charge in [0.15, 0.2) is 29.9 Å². The number of hydrogen-bond donors (Lipinski definition) is 17. The second kappa shape index (κ2) is 28.8. The van der Waals surface area contributed by atoms with E-state index in [1.807, 2.05) is 13.8 Å². The van der Waals surface area contributed by atoms with Gasteiger partial charge in [0.1, 0.15) is 89.5 Å². The molecular weight excluding hydrogens is 1360 g/mol. The molecule has 5 aromatic carbocycles. The molecule has 3 fully saturated rings. The summed E-state index contributed by atoms with van der Waals surface area (Å²) in [5, 5.41) is 118. The normalized spacial score (nSPS) is 30.0. The number of fused-ring (bicyclic) bond motifs is 17. The number of carboxylic acids is 2. The number of aromatic hydroxyl groups is 3. The molecule has 18 atom stereocenters. The number of carbonyl (C=O) groups excluding carboxylic acids is 6. The highest BCUT2D eigenvalue weighted by molar-refractivity contribution is 6.32. The van der Waals surface area contributed by atoms with Crippen molar-refractivity contribution in [3.63, 3.8) is 0 Å². The number of aliphatic hydroxyl groups is 4. The molecule has 34 heteroatoms. The summed E-state index contributed by atoms with van der Waals surface area (Å²) < 4.78 is 45.2. The third-order valence-electron chi connectivity index (χ3n) is 17.9. The molecule has 8 heterocycles. The number of nitrogens with one attached hydrogen (secondary N) is 7. The first kappa shape index (κ1) is 72.1. The first-order valence-corrected chi connectivity index (χ1v) is 32.3. The standard InChI is InChI=1S/C66H72Cl2N8O24/c1-23(2)12-34(70-5)58(85)75-49-51(82)26-7-10-38(32(67)14-26)95-40-16-28-17-41(53(40)100-65-56(55-54(99-55)42(22-77)97-65)98-44-21-66(4,69)57(84)24(3)94-44)96-39-11-8-27(15-33(39)68)52(83)50-62(89)74-48(64(92)93)31-18-29(78)19-37(80)45(31)30-13-25(6-9-36(30)79)46(59(86)76-50)73-60(87)47(28)72-43(81)20-35(63(90)91)71-61(49)88/h6-11,13-19,23-24,34-35,42,44,46-52,54-57,65,70,77-80,82-84H,12,20-22,69H2,1-5H3,(H,71,88)(H,72,81)(H,73,87)(H,74,89)(H,75,85)(H,76,86)(H,90,91)(H,92,93)/t24?,34-,35?,42?,44?,46-,47-,48-,49?,50+,51-,52-,54?,55?,56?,57?,65?,66?/m1/s1. The summed E-state index contributed by atoms with van der Waals surface area (Å²) in [6.45, 7) is 6.17. The average Bonchev–Trinajstić information content (AvgIpc) is 1.66. The first-order valence-electron chi connectivity index (χ1n) is 31.5. The minimum Gasteiger partial charge on any atom is -0.508 e. The number of hydrogen-bond acceptors (Lipinski definition) is 24. The van der Waals surface area contributed by atoms with Crippen molar-refractivity contribution in [2.75, 3.05) is 13.7 Å². The van der Waals surface area contributed by atoms with Gasteiger partial charge in [-0.1, -0.05) is 55.2 Å². The Morgan fingerprint density at radius 3 is 1.94 bits per heavy atom. The van der Waals surface area contributed by atoms with E-state index in [4.69, 9.17) is 62.1 Å². The lowest BCUT2D eigenvalue weighted by Crippen LogP contribution is -2.61. The number of carboxylic acid groups (broad SMARTS) is 2. The molecule has 18 N–H and O–H groups in total. The molecule has 8 aliphatic rings. The Bertz CT molecular complexity index is 4090. The molecule has 8 aliphatic heterocycles. The molecule has 6 amide bonds. The number of phenols is 3. The molecular formula is C66H72Cl2N8O24. The van der Waals surface area contributed by atoms with E-state index >= 15 is 9.59 Å². The number of nitrogens with two attached hydrogens (primary N) is 1. The number of likely N-dealkylation sites (N-methyl/N-ethyl adjacent to an activating group) is 1. The summed E-state index contributed by atoms with van der Waals surface area (Å²) in [4.78, 5) is 116. The fourth-order valence-corrected chi connectivity index (χ4v) is 13.2. The minimum atomic E-state index is -2.26. The highest BCUT2D eigenvalue weighted by atomic mass is 35.5. The van der Waals surface area contributed by atoms with E-state index in [1.165, 1.54) is 31.3 Å². The Morgan fingerprint density at radius 1 is 0.710 bits per heavy atom. The van der Waals surface area contributed by atoms with Crippen LogP contribution < -0.4 is 57.2 Å². The second-order valence-electron chi connectivity index (χ2n) is 25.7. The van der Waals surface area contributed by atoms with Crippen LogP contribution in [0.1, 0.15) is 105 Å². The van der Waals surface area contributed by atoms with E-state index in [1.54, 1.807) is 13.8 Å². The van der Waals surface area contributed by atoms with Gasteiger partial charge in [0.2, 0.25) is 47.5 Å². The molecule has 13 rings (SSSR count). The van der Waals surface area contributed by atoms with Gasteiger partial charge in [0, 0.05) is 34.7 Å². The van der Waals surface area contributed by atoms with Crippen LogP contribution in [0.25, 0.3) is 11.1 Å². The summed E-state index contributed by atoms with van der Waals surface area (Å²) in [6, 6.07) is -0.0958. The number of phenolic OH excluding ortho intramolecular Hbond substituents is 3. The zero-order chi connectivity index (χ0) is 72.2. The van der Waals surface area contributed by atoms with Crippen LogP contribution in [0.15, 0.2) is 78.9 Å². The SMILES string of the molecule is CN[C@H](CC(C)C)C(=O)NC1C(=O)NC(C(=O)O)CC(=O)N[C@H]2C(=O)N[C@H]3C(=O)N[C@H](C(=O)N[C@@H](C(=O)O)c4cc(O)cc(O)c4-c4cc3ccc4O)[C@H](O)c3ccc(c(Cl)c3)Oc3cc2cc(c3OC2OC(CO)C3OC3C2OC2CC(C)(N)C(O)C(C)O2)Oc2ccc(cc2Cl)[C@H]1O. The number of rotatable bonds is 12. The number of aliphatic carboxylic acids is 2. The predicted octanol–water partition coefficient (Wildman–Crippen LogP) is 1.75. The fraction of sp³-hybridized carbons (Fsp3) is 0.424. The molecule has 11 bridgehead atoms. The summed E-state index contributed by atoms with van der Waals surface area (Å²) in [7, 11) is 1.48. The second-order valence-corrected chi connectivity index (χ2v) is 26.5. The minimum absolute atomic E-state index is 0.0805. The van der Waals surface area contributed by atoms with Gasteiger partial charge < -0.3 is 122 Å². The van der Waals surface area contributed by atoms with Gasteiger partial charge in [-0.05, 0) is 110 Å². The summed E-state index contributed by atoms with van der Waals surface area (Å²) in [5.74, 6) is -15.8. The lowest BCUT2D eigenvalue weighted by molar-refractivity contribution is -0.292. The van der Waals surface area contributed by atoms with Gasteiger partial charge in [0.05, 0.1) is 41.3 Å². The Hall–Kier alpha value is -9.16. The molecule has 5 aromatic rings. The zero-order valence-corrected chi connectivity index (χ0v) is 55.2. The van der Waals surface area contributed by atoms with Crippen LogP contribution >= 0.6 is 23.2 Å².